The molecule has 0 bridgehead atoms. The molecular formula is C19H25NO. The molecule has 2 N–H and O–H groups in total. The van der Waals surface area contributed by atoms with Gasteiger partial charge >= 0.3 is 0 Å². The van der Waals surface area contributed by atoms with Crippen LogP contribution in [0.15, 0.2) is 60.7 Å². The van der Waals surface area contributed by atoms with E-state index in [4.69, 9.17) is 0 Å². The lowest BCUT2D eigenvalue weighted by molar-refractivity contribution is -0.00771. The molecule has 0 spiro atoms. The summed E-state index contributed by atoms with van der Waals surface area (Å²) in [5.74, 6) is 0. The fraction of sp³-hybridized carbons (Fsp3) is 0.368. The highest BCUT2D eigenvalue weighted by Gasteiger charge is 2.34. The molecule has 1 unspecified atom stereocenters. The van der Waals surface area contributed by atoms with E-state index in [0.29, 0.717) is 0 Å². The fourth-order valence-electron chi connectivity index (χ4n) is 2.74. The molecule has 0 heterocycles. The maximum absolute atomic E-state index is 11.0. The van der Waals surface area contributed by atoms with Crippen molar-refractivity contribution in [2.75, 3.05) is 0 Å². The minimum Gasteiger partial charge on any atom is -0.388 e. The Balaban J connectivity index is 2.20. The zero-order chi connectivity index (χ0) is 15.1. The fourth-order valence-corrected chi connectivity index (χ4v) is 2.74. The van der Waals surface area contributed by atoms with Gasteiger partial charge in [0.2, 0.25) is 0 Å². The number of hydrogen-bond acceptors (Lipinski definition) is 2. The van der Waals surface area contributed by atoms with Crippen molar-refractivity contribution < 1.29 is 5.11 Å². The minimum absolute atomic E-state index is 0.0612. The van der Waals surface area contributed by atoms with Gasteiger partial charge in [0.15, 0.2) is 0 Å². The van der Waals surface area contributed by atoms with E-state index in [-0.39, 0.29) is 6.04 Å². The highest BCUT2D eigenvalue weighted by Crippen LogP contribution is 2.32. The summed E-state index contributed by atoms with van der Waals surface area (Å²) in [7, 11) is 0. The third kappa shape index (κ3) is 3.93. The van der Waals surface area contributed by atoms with Crippen LogP contribution >= 0.6 is 0 Å². The Morgan fingerprint density at radius 1 is 0.905 bits per heavy atom. The molecule has 0 saturated carbocycles. The summed E-state index contributed by atoms with van der Waals surface area (Å²) in [5, 5.41) is 14.5. The van der Waals surface area contributed by atoms with Crippen molar-refractivity contribution in [3.8, 4) is 0 Å². The first-order valence-corrected chi connectivity index (χ1v) is 7.74. The second-order valence-corrected chi connectivity index (χ2v) is 5.52. The topological polar surface area (TPSA) is 32.3 Å². The van der Waals surface area contributed by atoms with Crippen LogP contribution < -0.4 is 5.32 Å². The van der Waals surface area contributed by atoms with Crippen molar-refractivity contribution in [1.29, 1.82) is 0 Å². The predicted octanol–water partition coefficient (Wildman–Crippen LogP) is 4.07. The van der Waals surface area contributed by atoms with Gasteiger partial charge in [-0.15, -0.1) is 0 Å². The van der Waals surface area contributed by atoms with Crippen LogP contribution in [-0.2, 0) is 6.54 Å². The Hall–Kier alpha value is -1.64. The minimum atomic E-state index is -0.726. The van der Waals surface area contributed by atoms with Gasteiger partial charge in [-0.05, 0) is 24.0 Å². The van der Waals surface area contributed by atoms with Crippen LogP contribution in [0.4, 0.5) is 0 Å². The lowest BCUT2D eigenvalue weighted by Gasteiger charge is -2.36. The van der Waals surface area contributed by atoms with Gasteiger partial charge in [0, 0.05) is 6.54 Å². The average Bonchev–Trinajstić information content (AvgIpc) is 2.56. The Morgan fingerprint density at radius 3 is 1.95 bits per heavy atom. The maximum Gasteiger partial charge on any atom is 0.0836 e. The van der Waals surface area contributed by atoms with Crippen molar-refractivity contribution >= 4 is 0 Å². The van der Waals surface area contributed by atoms with Crippen LogP contribution in [0, 0.1) is 0 Å². The Kier molecular flexibility index (Phi) is 5.54. The first-order valence-electron chi connectivity index (χ1n) is 7.74. The lowest BCUT2D eigenvalue weighted by Crippen LogP contribution is -2.43. The van der Waals surface area contributed by atoms with Crippen molar-refractivity contribution in [3.05, 3.63) is 71.8 Å². The van der Waals surface area contributed by atoms with Crippen LogP contribution in [0.3, 0.4) is 0 Å². The molecule has 0 amide bonds. The van der Waals surface area contributed by atoms with Crippen molar-refractivity contribution in [1.82, 2.24) is 5.32 Å². The molecule has 2 heteroatoms. The normalized spacial score (nSPS) is 13.1. The molecule has 1 atom stereocenters. The second-order valence-electron chi connectivity index (χ2n) is 5.52. The lowest BCUT2D eigenvalue weighted by atomic mass is 9.84. The first-order chi connectivity index (χ1) is 10.2. The van der Waals surface area contributed by atoms with Crippen LogP contribution in [0.2, 0.25) is 0 Å². The zero-order valence-corrected chi connectivity index (χ0v) is 12.9. The summed E-state index contributed by atoms with van der Waals surface area (Å²) in [4.78, 5) is 0. The Morgan fingerprint density at radius 2 is 1.43 bits per heavy atom. The Bertz CT molecular complexity index is 520. The highest BCUT2D eigenvalue weighted by atomic mass is 16.3. The summed E-state index contributed by atoms with van der Waals surface area (Å²) >= 11 is 0. The van der Waals surface area contributed by atoms with Gasteiger partial charge in [0.05, 0.1) is 11.6 Å². The summed E-state index contributed by atoms with van der Waals surface area (Å²) < 4.78 is 0. The molecule has 21 heavy (non-hydrogen) atoms. The smallest absolute Gasteiger partial charge is 0.0836 e. The summed E-state index contributed by atoms with van der Waals surface area (Å²) in [6.45, 7) is 4.84. The van der Waals surface area contributed by atoms with Crippen molar-refractivity contribution in [2.45, 2.75) is 44.9 Å². The largest absolute Gasteiger partial charge is 0.388 e. The zero-order valence-electron chi connectivity index (χ0n) is 12.9. The van der Waals surface area contributed by atoms with Gasteiger partial charge in [0.1, 0.15) is 0 Å². The van der Waals surface area contributed by atoms with E-state index in [1.807, 2.05) is 50.2 Å². The van der Waals surface area contributed by atoms with Crippen LogP contribution in [0.5, 0.6) is 0 Å². The van der Waals surface area contributed by atoms with Crippen molar-refractivity contribution in [3.63, 3.8) is 0 Å². The van der Waals surface area contributed by atoms with Gasteiger partial charge in [-0.1, -0.05) is 74.5 Å². The number of benzene rings is 2. The summed E-state index contributed by atoms with van der Waals surface area (Å²) in [5.41, 5.74) is 1.64. The molecule has 2 aromatic rings. The molecule has 0 radical (unpaired) electrons. The van der Waals surface area contributed by atoms with Crippen LogP contribution in [0.1, 0.15) is 43.9 Å². The molecule has 0 aliphatic rings. The second kappa shape index (κ2) is 7.39. The van der Waals surface area contributed by atoms with E-state index in [2.05, 4.69) is 29.6 Å². The first kappa shape index (κ1) is 15.7. The van der Waals surface area contributed by atoms with Gasteiger partial charge < -0.3 is 10.4 Å². The van der Waals surface area contributed by atoms with Crippen LogP contribution in [-0.4, -0.2) is 10.7 Å². The van der Waals surface area contributed by atoms with Gasteiger partial charge in [-0.3, -0.25) is 0 Å². The average molecular weight is 283 g/mol. The van der Waals surface area contributed by atoms with E-state index >= 15 is 0 Å². The van der Waals surface area contributed by atoms with E-state index in [9.17, 15) is 5.11 Å². The quantitative estimate of drug-likeness (QED) is 0.803. The molecule has 0 aromatic heterocycles. The van der Waals surface area contributed by atoms with E-state index in [1.165, 1.54) is 5.56 Å². The SMILES string of the molecule is CCC(O)(CC)C(NCc1ccccc1)c1ccccc1. The van der Waals surface area contributed by atoms with Gasteiger partial charge in [0.25, 0.3) is 0 Å². The molecule has 112 valence electrons. The third-order valence-electron chi connectivity index (χ3n) is 4.25. The summed E-state index contributed by atoms with van der Waals surface area (Å²) in [6, 6.07) is 20.5. The molecule has 0 fully saturated rings. The third-order valence-corrected chi connectivity index (χ3v) is 4.25. The Labute approximate surface area is 127 Å². The van der Waals surface area contributed by atoms with E-state index in [1.54, 1.807) is 0 Å². The molecule has 0 aliphatic carbocycles. The molecule has 2 rings (SSSR count). The van der Waals surface area contributed by atoms with Gasteiger partial charge in [-0.25, -0.2) is 0 Å². The number of nitrogens with one attached hydrogen (secondary N) is 1. The maximum atomic E-state index is 11.0. The molecular weight excluding hydrogens is 258 g/mol. The van der Waals surface area contributed by atoms with E-state index < -0.39 is 5.60 Å². The molecule has 2 nitrogen and oxygen atoms in total. The molecule has 0 aliphatic heterocycles. The monoisotopic (exact) mass is 283 g/mol. The molecule has 0 saturated heterocycles. The summed E-state index contributed by atoms with van der Waals surface area (Å²) in [6.07, 6.45) is 1.45. The number of rotatable bonds is 7. The number of hydrogen-bond donors (Lipinski definition) is 2. The van der Waals surface area contributed by atoms with Crippen molar-refractivity contribution in [2.24, 2.45) is 0 Å². The van der Waals surface area contributed by atoms with Crippen LogP contribution in [0.25, 0.3) is 0 Å². The standard InChI is InChI=1S/C19H25NO/c1-3-19(21,4-2)18(17-13-9-6-10-14-17)20-15-16-11-7-5-8-12-16/h5-14,18,20-21H,3-4,15H2,1-2H3. The number of aliphatic hydroxyl groups is 1. The van der Waals surface area contributed by atoms with E-state index in [0.717, 1.165) is 24.9 Å². The molecule has 2 aromatic carbocycles. The predicted molar refractivity (Wildman–Crippen MR) is 88.0 cm³/mol. The highest BCUT2D eigenvalue weighted by molar-refractivity contribution is 5.23. The van der Waals surface area contributed by atoms with Gasteiger partial charge in [-0.2, -0.15) is 0 Å².